The molecule has 1 fully saturated rings. The highest BCUT2D eigenvalue weighted by molar-refractivity contribution is 7.16. The minimum atomic E-state index is -0.403. The summed E-state index contributed by atoms with van der Waals surface area (Å²) in [5.41, 5.74) is 1.79. The van der Waals surface area contributed by atoms with Gasteiger partial charge in [0.15, 0.2) is 4.80 Å². The first-order valence-electron chi connectivity index (χ1n) is 10.3. The monoisotopic (exact) mass is 453 g/mol. The van der Waals surface area contributed by atoms with Gasteiger partial charge in [0.1, 0.15) is 5.75 Å². The molecule has 0 saturated carbocycles. The van der Waals surface area contributed by atoms with Crippen LogP contribution in [0.4, 0.5) is 5.69 Å². The number of fused-ring (bicyclic) bond motifs is 1. The smallest absolute Gasteiger partial charge is 0.279 e. The van der Waals surface area contributed by atoms with Gasteiger partial charge in [0.05, 0.1) is 29.6 Å². The van der Waals surface area contributed by atoms with Crippen molar-refractivity contribution in [2.24, 2.45) is 4.99 Å². The van der Waals surface area contributed by atoms with Crippen molar-refractivity contribution in [1.29, 1.82) is 0 Å². The lowest BCUT2D eigenvalue weighted by Gasteiger charge is -2.13. The van der Waals surface area contributed by atoms with E-state index in [0.717, 1.165) is 20.9 Å². The van der Waals surface area contributed by atoms with Gasteiger partial charge in [-0.25, -0.2) is 0 Å². The fourth-order valence-corrected chi connectivity index (χ4v) is 4.63. The Labute approximate surface area is 188 Å². The van der Waals surface area contributed by atoms with Gasteiger partial charge in [0.2, 0.25) is 11.8 Å². The molecule has 0 atom stereocenters. The van der Waals surface area contributed by atoms with Gasteiger partial charge in [-0.15, -0.1) is 0 Å². The maximum atomic E-state index is 12.9. The molecule has 8 nitrogen and oxygen atoms in total. The molecule has 1 saturated heterocycles. The Bertz CT molecular complexity index is 1230. The number of carbonyl (C=O) groups excluding carboxylic acids is 3. The Morgan fingerprint density at radius 3 is 2.47 bits per heavy atom. The van der Waals surface area contributed by atoms with E-state index in [1.165, 1.54) is 11.3 Å². The zero-order valence-corrected chi connectivity index (χ0v) is 18.7. The van der Waals surface area contributed by atoms with Crippen molar-refractivity contribution in [3.8, 4) is 5.75 Å². The van der Waals surface area contributed by atoms with E-state index in [-0.39, 0.29) is 24.7 Å². The molecule has 4 rings (SSSR count). The second kappa shape index (κ2) is 9.46. The van der Waals surface area contributed by atoms with Crippen molar-refractivity contribution in [3.63, 3.8) is 0 Å². The van der Waals surface area contributed by atoms with Gasteiger partial charge in [0.25, 0.3) is 5.91 Å². The molecule has 0 bridgehead atoms. The molecule has 166 valence electrons. The summed E-state index contributed by atoms with van der Waals surface area (Å²) in [4.78, 5) is 42.8. The van der Waals surface area contributed by atoms with Gasteiger partial charge in [0, 0.05) is 31.6 Å². The first kappa shape index (κ1) is 21.9. The van der Waals surface area contributed by atoms with E-state index in [1.54, 1.807) is 31.4 Å². The summed E-state index contributed by atoms with van der Waals surface area (Å²) in [6.07, 6.45) is 0.431. The normalized spacial score (nSPS) is 14.6. The summed E-state index contributed by atoms with van der Waals surface area (Å²) in [6, 6.07) is 12.1. The van der Waals surface area contributed by atoms with E-state index >= 15 is 0 Å². The number of anilines is 1. The lowest BCUT2D eigenvalue weighted by molar-refractivity contribution is -0.121. The number of rotatable bonds is 7. The van der Waals surface area contributed by atoms with Crippen LogP contribution < -0.4 is 14.4 Å². The van der Waals surface area contributed by atoms with E-state index < -0.39 is 5.91 Å². The summed E-state index contributed by atoms with van der Waals surface area (Å²) in [5.74, 6) is -0.126. The summed E-state index contributed by atoms with van der Waals surface area (Å²) in [7, 11) is 1.61. The number of aromatic nitrogens is 1. The lowest BCUT2D eigenvalue weighted by Crippen LogP contribution is -2.28. The van der Waals surface area contributed by atoms with Crippen LogP contribution in [-0.4, -0.2) is 42.6 Å². The van der Waals surface area contributed by atoms with Crippen LogP contribution in [0.3, 0.4) is 0 Å². The maximum Gasteiger partial charge on any atom is 0.279 e. The Morgan fingerprint density at radius 1 is 1.09 bits per heavy atom. The summed E-state index contributed by atoms with van der Waals surface area (Å²) < 4.78 is 13.7. The zero-order valence-electron chi connectivity index (χ0n) is 17.9. The van der Waals surface area contributed by atoms with E-state index in [4.69, 9.17) is 9.47 Å². The number of carbonyl (C=O) groups is 3. The standard InChI is InChI=1S/C23H23N3O5S/c1-3-31-13-12-25-18-9-8-17(30-2)14-19(18)32-23(25)24-22(29)15-4-6-16(7-5-15)26-20(27)10-11-21(26)28/h4-9,14H,3,10-13H2,1-2H3. The van der Waals surface area contributed by atoms with Gasteiger partial charge in [-0.2, -0.15) is 4.99 Å². The fraction of sp³-hybridized carbons (Fsp3) is 0.304. The Balaban J connectivity index is 1.66. The zero-order chi connectivity index (χ0) is 22.7. The number of nitrogens with zero attached hydrogens (tertiary/aromatic N) is 3. The molecule has 1 aliphatic rings. The van der Waals surface area contributed by atoms with Gasteiger partial charge < -0.3 is 14.0 Å². The number of hydrogen-bond acceptors (Lipinski definition) is 6. The van der Waals surface area contributed by atoms with Crippen LogP contribution in [0.15, 0.2) is 47.5 Å². The molecule has 32 heavy (non-hydrogen) atoms. The third-order valence-corrected chi connectivity index (χ3v) is 6.22. The number of imide groups is 1. The SMILES string of the molecule is CCOCCn1c(=NC(=O)c2ccc(N3C(=O)CCC3=O)cc2)sc2cc(OC)ccc21. The molecule has 0 spiro atoms. The molecule has 1 aromatic heterocycles. The van der Waals surface area contributed by atoms with Crippen LogP contribution in [0.5, 0.6) is 5.75 Å². The van der Waals surface area contributed by atoms with Crippen LogP contribution in [0.25, 0.3) is 10.2 Å². The van der Waals surface area contributed by atoms with Gasteiger partial charge in [-0.3, -0.25) is 19.3 Å². The van der Waals surface area contributed by atoms with Crippen LogP contribution in [0.1, 0.15) is 30.1 Å². The van der Waals surface area contributed by atoms with E-state index in [9.17, 15) is 14.4 Å². The Hall–Kier alpha value is -3.30. The number of benzene rings is 2. The van der Waals surface area contributed by atoms with Crippen molar-refractivity contribution in [2.75, 3.05) is 25.2 Å². The van der Waals surface area contributed by atoms with Crippen molar-refractivity contribution in [3.05, 3.63) is 52.8 Å². The average molecular weight is 454 g/mol. The van der Waals surface area contributed by atoms with Crippen molar-refractivity contribution in [2.45, 2.75) is 26.3 Å². The molecule has 0 N–H and O–H groups in total. The second-order valence-corrected chi connectivity index (χ2v) is 8.16. The molecule has 2 aromatic carbocycles. The topological polar surface area (TPSA) is 90.2 Å². The quantitative estimate of drug-likeness (QED) is 0.405. The van der Waals surface area contributed by atoms with Crippen LogP contribution in [0.2, 0.25) is 0 Å². The third-order valence-electron chi connectivity index (χ3n) is 5.17. The largest absolute Gasteiger partial charge is 0.497 e. The van der Waals surface area contributed by atoms with Crippen molar-refractivity contribution in [1.82, 2.24) is 4.57 Å². The molecule has 0 unspecified atom stereocenters. The summed E-state index contributed by atoms with van der Waals surface area (Å²) >= 11 is 1.40. The Morgan fingerprint density at radius 2 is 1.81 bits per heavy atom. The second-order valence-electron chi connectivity index (χ2n) is 7.15. The van der Waals surface area contributed by atoms with E-state index in [1.807, 2.05) is 29.7 Å². The first-order chi connectivity index (χ1) is 15.5. The molecule has 2 heterocycles. The van der Waals surface area contributed by atoms with Gasteiger partial charge >= 0.3 is 0 Å². The average Bonchev–Trinajstić information content (AvgIpc) is 3.32. The predicted molar refractivity (Wildman–Crippen MR) is 121 cm³/mol. The molecule has 3 aromatic rings. The number of thiazole rings is 1. The van der Waals surface area contributed by atoms with E-state index in [0.29, 0.717) is 35.8 Å². The highest BCUT2D eigenvalue weighted by atomic mass is 32.1. The van der Waals surface area contributed by atoms with Gasteiger partial charge in [-0.1, -0.05) is 11.3 Å². The minimum absolute atomic E-state index is 0.216. The molecular formula is C23H23N3O5S. The third kappa shape index (κ3) is 4.35. The predicted octanol–water partition coefficient (Wildman–Crippen LogP) is 3.14. The summed E-state index contributed by atoms with van der Waals surface area (Å²) in [6.45, 7) is 3.60. The van der Waals surface area contributed by atoms with Gasteiger partial charge in [-0.05, 0) is 49.4 Å². The molecule has 0 aliphatic carbocycles. The van der Waals surface area contributed by atoms with Crippen LogP contribution in [-0.2, 0) is 20.9 Å². The molecule has 1 aliphatic heterocycles. The molecular weight excluding hydrogens is 430 g/mol. The number of ether oxygens (including phenoxy) is 2. The first-order valence-corrected chi connectivity index (χ1v) is 11.1. The van der Waals surface area contributed by atoms with E-state index in [2.05, 4.69) is 4.99 Å². The molecule has 0 radical (unpaired) electrons. The fourth-order valence-electron chi connectivity index (χ4n) is 3.55. The van der Waals surface area contributed by atoms with Crippen molar-refractivity contribution >= 4 is 45.0 Å². The highest BCUT2D eigenvalue weighted by Crippen LogP contribution is 2.24. The highest BCUT2D eigenvalue weighted by Gasteiger charge is 2.30. The number of hydrogen-bond donors (Lipinski definition) is 0. The number of amides is 3. The lowest BCUT2D eigenvalue weighted by atomic mass is 10.2. The minimum Gasteiger partial charge on any atom is -0.497 e. The number of methoxy groups -OCH3 is 1. The summed E-state index contributed by atoms with van der Waals surface area (Å²) in [5, 5.41) is 0. The van der Waals surface area contributed by atoms with Crippen molar-refractivity contribution < 1.29 is 23.9 Å². The van der Waals surface area contributed by atoms with Crippen LogP contribution in [0, 0.1) is 0 Å². The molecule has 3 amide bonds. The van der Waals surface area contributed by atoms with Crippen LogP contribution >= 0.6 is 11.3 Å². The Kier molecular flexibility index (Phi) is 6.48. The maximum absolute atomic E-state index is 12.9. The molecule has 9 heteroatoms.